The molecule has 14 heavy (non-hydrogen) atoms. The summed E-state index contributed by atoms with van der Waals surface area (Å²) in [6.45, 7) is 6.12. The van der Waals surface area contributed by atoms with E-state index in [2.05, 4.69) is 24.1 Å². The molecule has 0 spiro atoms. The van der Waals surface area contributed by atoms with Crippen molar-refractivity contribution in [3.8, 4) is 0 Å². The first-order valence-electron chi connectivity index (χ1n) is 5.59. The number of aliphatic imine (C=N–C) groups is 1. The Kier molecular flexibility index (Phi) is 4.64. The van der Waals surface area contributed by atoms with Crippen LogP contribution in [0.2, 0.25) is 0 Å². The third-order valence-electron chi connectivity index (χ3n) is 2.78. The van der Waals surface area contributed by atoms with Crippen LogP contribution in [-0.2, 0) is 0 Å². The zero-order chi connectivity index (χ0) is 10.4. The van der Waals surface area contributed by atoms with E-state index in [0.717, 1.165) is 17.3 Å². The Morgan fingerprint density at radius 2 is 1.86 bits per heavy atom. The van der Waals surface area contributed by atoms with E-state index < -0.39 is 0 Å². The van der Waals surface area contributed by atoms with Crippen molar-refractivity contribution < 1.29 is 0 Å². The minimum Gasteiger partial charge on any atom is -0.259 e. The van der Waals surface area contributed by atoms with E-state index in [-0.39, 0.29) is 0 Å². The number of rotatable bonds is 3. The van der Waals surface area contributed by atoms with E-state index in [1.165, 1.54) is 25.7 Å². The first-order valence-corrected chi connectivity index (χ1v) is 5.59. The van der Waals surface area contributed by atoms with Crippen LogP contribution in [0.25, 0.3) is 0 Å². The van der Waals surface area contributed by atoms with Crippen molar-refractivity contribution in [1.29, 1.82) is 0 Å². The second-order valence-electron chi connectivity index (χ2n) is 4.09. The molecule has 1 heteroatoms. The number of hydrogen-bond acceptors (Lipinski definition) is 1. The monoisotopic (exact) mass is 191 g/mol. The number of hydrogen-bond donors (Lipinski definition) is 0. The predicted octanol–water partition coefficient (Wildman–Crippen LogP) is 4.12. The fourth-order valence-corrected chi connectivity index (χ4v) is 1.81. The van der Waals surface area contributed by atoms with Crippen molar-refractivity contribution in [2.45, 2.75) is 46.5 Å². The minimum absolute atomic E-state index is 0.811. The van der Waals surface area contributed by atoms with Crippen LogP contribution < -0.4 is 0 Å². The first kappa shape index (κ1) is 11.2. The fourth-order valence-electron chi connectivity index (χ4n) is 1.81. The Bertz CT molecular complexity index is 252. The van der Waals surface area contributed by atoms with Crippen LogP contribution in [0.4, 0.5) is 0 Å². The standard InChI is InChI=1S/C13H21N/c1-4-11(2)14-12(3)9-10-13-7-5-6-8-13/h4,9-10,13H,5-8H2,1-3H3/b10-9+,11-4-,14-12-. The maximum Gasteiger partial charge on any atom is 0.0372 e. The van der Waals surface area contributed by atoms with Crippen molar-refractivity contribution in [2.24, 2.45) is 10.9 Å². The maximum absolute atomic E-state index is 4.45. The Hall–Kier alpha value is -0.850. The van der Waals surface area contributed by atoms with Gasteiger partial charge in [0.05, 0.1) is 0 Å². The molecule has 0 saturated heterocycles. The molecule has 1 aliphatic rings. The van der Waals surface area contributed by atoms with Crippen LogP contribution in [0.5, 0.6) is 0 Å². The highest BCUT2D eigenvalue weighted by Gasteiger charge is 2.10. The van der Waals surface area contributed by atoms with E-state index in [9.17, 15) is 0 Å². The van der Waals surface area contributed by atoms with Gasteiger partial charge in [0.2, 0.25) is 0 Å². The minimum atomic E-state index is 0.811. The molecule has 0 bridgehead atoms. The summed E-state index contributed by atoms with van der Waals surface area (Å²) >= 11 is 0. The predicted molar refractivity (Wildman–Crippen MR) is 63.6 cm³/mol. The van der Waals surface area contributed by atoms with Gasteiger partial charge in [0.15, 0.2) is 0 Å². The lowest BCUT2D eigenvalue weighted by Crippen LogP contribution is -1.90. The molecule has 1 nitrogen and oxygen atoms in total. The summed E-state index contributed by atoms with van der Waals surface area (Å²) in [5, 5.41) is 0. The summed E-state index contributed by atoms with van der Waals surface area (Å²) in [5.74, 6) is 0.811. The summed E-state index contributed by atoms with van der Waals surface area (Å²) in [7, 11) is 0. The van der Waals surface area contributed by atoms with Gasteiger partial charge in [0.1, 0.15) is 0 Å². The van der Waals surface area contributed by atoms with E-state index in [1.807, 2.05) is 19.9 Å². The third kappa shape index (κ3) is 3.91. The van der Waals surface area contributed by atoms with Gasteiger partial charge in [-0.3, -0.25) is 4.99 Å². The van der Waals surface area contributed by atoms with Crippen LogP contribution in [0, 0.1) is 5.92 Å². The zero-order valence-corrected chi connectivity index (χ0v) is 9.59. The van der Waals surface area contributed by atoms with Crippen molar-refractivity contribution in [2.75, 3.05) is 0 Å². The zero-order valence-electron chi connectivity index (χ0n) is 9.59. The SMILES string of the molecule is C\C=C(C)/N=C(C)\C=C\C1CCCC1. The molecular formula is C13H21N. The maximum atomic E-state index is 4.45. The topological polar surface area (TPSA) is 12.4 Å². The molecule has 0 aromatic carbocycles. The largest absolute Gasteiger partial charge is 0.259 e. The first-order chi connectivity index (χ1) is 6.72. The molecule has 0 N–H and O–H groups in total. The second kappa shape index (κ2) is 5.79. The lowest BCUT2D eigenvalue weighted by atomic mass is 10.1. The van der Waals surface area contributed by atoms with Crippen LogP contribution >= 0.6 is 0 Å². The summed E-state index contributed by atoms with van der Waals surface area (Å²) in [6.07, 6.45) is 12.1. The molecule has 78 valence electrons. The Morgan fingerprint density at radius 1 is 1.21 bits per heavy atom. The van der Waals surface area contributed by atoms with Crippen LogP contribution in [-0.4, -0.2) is 5.71 Å². The fraction of sp³-hybridized carbons (Fsp3) is 0.615. The Labute approximate surface area is 87.6 Å². The molecule has 0 aromatic heterocycles. The van der Waals surface area contributed by atoms with Gasteiger partial charge in [-0.05, 0) is 45.6 Å². The van der Waals surface area contributed by atoms with Crippen LogP contribution in [0.1, 0.15) is 46.5 Å². The van der Waals surface area contributed by atoms with Gasteiger partial charge in [-0.25, -0.2) is 0 Å². The summed E-state index contributed by atoms with van der Waals surface area (Å²) in [5.41, 5.74) is 2.21. The van der Waals surface area contributed by atoms with Gasteiger partial charge in [0.25, 0.3) is 0 Å². The second-order valence-corrected chi connectivity index (χ2v) is 4.09. The molecule has 0 aromatic rings. The number of allylic oxidation sites excluding steroid dienone is 4. The summed E-state index contributed by atoms with van der Waals surface area (Å²) < 4.78 is 0. The van der Waals surface area contributed by atoms with E-state index in [4.69, 9.17) is 0 Å². The van der Waals surface area contributed by atoms with E-state index >= 15 is 0 Å². The lowest BCUT2D eigenvalue weighted by Gasteiger charge is -2.00. The van der Waals surface area contributed by atoms with Crippen LogP contribution in [0.3, 0.4) is 0 Å². The van der Waals surface area contributed by atoms with Gasteiger partial charge in [-0.2, -0.15) is 0 Å². The molecule has 0 atom stereocenters. The molecule has 0 radical (unpaired) electrons. The van der Waals surface area contributed by atoms with Gasteiger partial charge in [0, 0.05) is 11.4 Å². The lowest BCUT2D eigenvalue weighted by molar-refractivity contribution is 0.686. The molecule has 1 rings (SSSR count). The molecule has 1 saturated carbocycles. The molecular weight excluding hydrogens is 170 g/mol. The van der Waals surface area contributed by atoms with E-state index in [0.29, 0.717) is 0 Å². The highest BCUT2D eigenvalue weighted by Crippen LogP contribution is 2.25. The molecule has 1 aliphatic carbocycles. The van der Waals surface area contributed by atoms with Crippen molar-refractivity contribution in [1.82, 2.24) is 0 Å². The van der Waals surface area contributed by atoms with Crippen molar-refractivity contribution in [3.05, 3.63) is 23.9 Å². The van der Waals surface area contributed by atoms with Gasteiger partial charge in [-0.15, -0.1) is 0 Å². The molecule has 0 aliphatic heterocycles. The highest BCUT2D eigenvalue weighted by molar-refractivity contribution is 5.93. The molecule has 0 amide bonds. The Morgan fingerprint density at radius 3 is 2.43 bits per heavy atom. The summed E-state index contributed by atoms with van der Waals surface area (Å²) in [4.78, 5) is 4.45. The Balaban J connectivity index is 2.46. The molecule has 0 heterocycles. The van der Waals surface area contributed by atoms with Gasteiger partial charge in [-0.1, -0.05) is 25.0 Å². The van der Waals surface area contributed by atoms with E-state index in [1.54, 1.807) is 0 Å². The van der Waals surface area contributed by atoms with Crippen LogP contribution in [0.15, 0.2) is 28.9 Å². The average Bonchev–Trinajstić information content (AvgIpc) is 2.67. The quantitative estimate of drug-likeness (QED) is 0.595. The van der Waals surface area contributed by atoms with Crippen molar-refractivity contribution in [3.63, 3.8) is 0 Å². The number of nitrogens with zero attached hydrogens (tertiary/aromatic N) is 1. The average molecular weight is 191 g/mol. The van der Waals surface area contributed by atoms with Gasteiger partial charge < -0.3 is 0 Å². The highest BCUT2D eigenvalue weighted by atomic mass is 14.7. The normalized spacial score (nSPS) is 21.1. The molecule has 0 unspecified atom stereocenters. The molecule has 1 fully saturated rings. The third-order valence-corrected chi connectivity index (χ3v) is 2.78. The van der Waals surface area contributed by atoms with Gasteiger partial charge >= 0.3 is 0 Å². The smallest absolute Gasteiger partial charge is 0.0372 e. The summed E-state index contributed by atoms with van der Waals surface area (Å²) in [6, 6.07) is 0. The van der Waals surface area contributed by atoms with Crippen molar-refractivity contribution >= 4 is 5.71 Å².